The minimum Gasteiger partial charge on any atom is -0.361 e. The first-order chi connectivity index (χ1) is 5.54. The zero-order valence-electron chi connectivity index (χ0n) is 7.92. The second-order valence-corrected chi connectivity index (χ2v) is 3.97. The highest BCUT2D eigenvalue weighted by molar-refractivity contribution is 5.13. The molecule has 2 N–H and O–H groups in total. The van der Waals surface area contributed by atoms with Gasteiger partial charge in [-0.3, -0.25) is 0 Å². The van der Waals surface area contributed by atoms with Gasteiger partial charge in [0.2, 0.25) is 0 Å². The first-order valence-corrected chi connectivity index (χ1v) is 4.20. The van der Waals surface area contributed by atoms with E-state index in [2.05, 4.69) is 25.9 Å². The summed E-state index contributed by atoms with van der Waals surface area (Å²) in [5, 5.41) is 3.92. The SMILES string of the molecule is CC(C)(C)c1cc(CCN)no1. The molecule has 3 heteroatoms. The fourth-order valence-electron chi connectivity index (χ4n) is 0.931. The maximum atomic E-state index is 5.40. The van der Waals surface area contributed by atoms with Crippen molar-refractivity contribution in [3.8, 4) is 0 Å². The number of hydrogen-bond donors (Lipinski definition) is 1. The Balaban J connectivity index is 2.77. The molecule has 0 amide bonds. The van der Waals surface area contributed by atoms with E-state index in [4.69, 9.17) is 10.3 Å². The molecule has 0 aliphatic rings. The van der Waals surface area contributed by atoms with Crippen LogP contribution in [0.1, 0.15) is 32.2 Å². The Bertz CT molecular complexity index is 247. The highest BCUT2D eigenvalue weighted by Gasteiger charge is 2.19. The lowest BCUT2D eigenvalue weighted by molar-refractivity contribution is 0.326. The van der Waals surface area contributed by atoms with Crippen LogP contribution in [0.25, 0.3) is 0 Å². The van der Waals surface area contributed by atoms with Crippen molar-refractivity contribution in [1.29, 1.82) is 0 Å². The van der Waals surface area contributed by atoms with Crippen LogP contribution in [0.5, 0.6) is 0 Å². The van der Waals surface area contributed by atoms with Crippen molar-refractivity contribution < 1.29 is 4.52 Å². The molecule has 1 heterocycles. The van der Waals surface area contributed by atoms with Crippen LogP contribution in [0.4, 0.5) is 0 Å². The minimum atomic E-state index is 0.0415. The van der Waals surface area contributed by atoms with Crippen molar-refractivity contribution in [2.45, 2.75) is 32.6 Å². The van der Waals surface area contributed by atoms with Crippen LogP contribution in [0.15, 0.2) is 10.6 Å². The van der Waals surface area contributed by atoms with Crippen molar-refractivity contribution in [2.24, 2.45) is 5.73 Å². The standard InChI is InChI=1S/C9H16N2O/c1-9(2,3)8-6-7(4-5-10)11-12-8/h6H,4-5,10H2,1-3H3. The molecule has 0 bridgehead atoms. The normalized spacial score (nSPS) is 12.0. The molecule has 0 saturated heterocycles. The van der Waals surface area contributed by atoms with Gasteiger partial charge in [-0.05, 0) is 6.54 Å². The molecular formula is C9H16N2O. The van der Waals surface area contributed by atoms with Gasteiger partial charge in [0.25, 0.3) is 0 Å². The molecule has 3 nitrogen and oxygen atoms in total. The summed E-state index contributed by atoms with van der Waals surface area (Å²) in [6.45, 7) is 6.91. The Morgan fingerprint density at radius 3 is 2.58 bits per heavy atom. The summed E-state index contributed by atoms with van der Waals surface area (Å²) in [7, 11) is 0. The zero-order chi connectivity index (χ0) is 9.19. The maximum Gasteiger partial charge on any atom is 0.142 e. The second kappa shape index (κ2) is 3.27. The van der Waals surface area contributed by atoms with E-state index in [1.165, 1.54) is 0 Å². The Labute approximate surface area is 72.9 Å². The number of nitrogens with zero attached hydrogens (tertiary/aromatic N) is 1. The summed E-state index contributed by atoms with van der Waals surface area (Å²) in [6, 6.07) is 1.98. The summed E-state index contributed by atoms with van der Waals surface area (Å²) in [4.78, 5) is 0. The molecule has 0 atom stereocenters. The molecule has 1 aromatic heterocycles. The molecule has 0 aliphatic carbocycles. The lowest BCUT2D eigenvalue weighted by Gasteiger charge is -2.12. The molecule has 12 heavy (non-hydrogen) atoms. The van der Waals surface area contributed by atoms with Gasteiger partial charge in [0.1, 0.15) is 5.76 Å². The van der Waals surface area contributed by atoms with Crippen LogP contribution >= 0.6 is 0 Å². The van der Waals surface area contributed by atoms with Gasteiger partial charge >= 0.3 is 0 Å². The third-order valence-electron chi connectivity index (χ3n) is 1.70. The smallest absolute Gasteiger partial charge is 0.142 e. The van der Waals surface area contributed by atoms with Gasteiger partial charge in [-0.1, -0.05) is 25.9 Å². The van der Waals surface area contributed by atoms with Gasteiger partial charge in [0.05, 0.1) is 5.69 Å². The molecule has 0 spiro atoms. The Morgan fingerprint density at radius 1 is 1.50 bits per heavy atom. The first-order valence-electron chi connectivity index (χ1n) is 4.20. The minimum absolute atomic E-state index is 0.0415. The van der Waals surface area contributed by atoms with Gasteiger partial charge in [0.15, 0.2) is 0 Å². The molecule has 0 radical (unpaired) electrons. The monoisotopic (exact) mass is 168 g/mol. The van der Waals surface area contributed by atoms with E-state index in [-0.39, 0.29) is 5.41 Å². The lowest BCUT2D eigenvalue weighted by Crippen LogP contribution is -2.09. The predicted molar refractivity (Wildman–Crippen MR) is 48.0 cm³/mol. The van der Waals surface area contributed by atoms with Crippen LogP contribution in [-0.4, -0.2) is 11.7 Å². The molecule has 68 valence electrons. The lowest BCUT2D eigenvalue weighted by atomic mass is 9.93. The Kier molecular flexibility index (Phi) is 2.52. The molecule has 0 aromatic carbocycles. The molecular weight excluding hydrogens is 152 g/mol. The average molecular weight is 168 g/mol. The summed E-state index contributed by atoms with van der Waals surface area (Å²) in [6.07, 6.45) is 0.791. The van der Waals surface area contributed by atoms with Gasteiger partial charge in [-0.15, -0.1) is 0 Å². The highest BCUT2D eigenvalue weighted by Crippen LogP contribution is 2.22. The Morgan fingerprint density at radius 2 is 2.17 bits per heavy atom. The van der Waals surface area contributed by atoms with Crippen molar-refractivity contribution in [2.75, 3.05) is 6.54 Å². The van der Waals surface area contributed by atoms with Crippen molar-refractivity contribution in [3.05, 3.63) is 17.5 Å². The molecule has 0 unspecified atom stereocenters. The summed E-state index contributed by atoms with van der Waals surface area (Å²) >= 11 is 0. The molecule has 0 aliphatic heterocycles. The third kappa shape index (κ3) is 2.08. The quantitative estimate of drug-likeness (QED) is 0.727. The highest BCUT2D eigenvalue weighted by atomic mass is 16.5. The number of hydrogen-bond acceptors (Lipinski definition) is 3. The zero-order valence-corrected chi connectivity index (χ0v) is 7.92. The molecule has 1 aromatic rings. The molecule has 0 saturated carbocycles. The molecule has 0 fully saturated rings. The average Bonchev–Trinajstić information content (AvgIpc) is 2.35. The third-order valence-corrected chi connectivity index (χ3v) is 1.70. The van der Waals surface area contributed by atoms with Gasteiger partial charge in [-0.2, -0.15) is 0 Å². The fraction of sp³-hybridized carbons (Fsp3) is 0.667. The topological polar surface area (TPSA) is 52.0 Å². The van der Waals surface area contributed by atoms with Crippen LogP contribution in [0.2, 0.25) is 0 Å². The predicted octanol–water partition coefficient (Wildman–Crippen LogP) is 1.47. The van der Waals surface area contributed by atoms with Crippen molar-refractivity contribution in [1.82, 2.24) is 5.16 Å². The van der Waals surface area contributed by atoms with E-state index in [1.807, 2.05) is 6.07 Å². The van der Waals surface area contributed by atoms with Gasteiger partial charge < -0.3 is 10.3 Å². The van der Waals surface area contributed by atoms with Gasteiger partial charge in [-0.25, -0.2) is 0 Å². The summed E-state index contributed by atoms with van der Waals surface area (Å²) in [5.41, 5.74) is 6.39. The second-order valence-electron chi connectivity index (χ2n) is 3.97. The number of aromatic nitrogens is 1. The van der Waals surface area contributed by atoms with Crippen LogP contribution in [-0.2, 0) is 11.8 Å². The maximum absolute atomic E-state index is 5.40. The van der Waals surface area contributed by atoms with E-state index < -0.39 is 0 Å². The first kappa shape index (κ1) is 9.26. The largest absolute Gasteiger partial charge is 0.361 e. The van der Waals surface area contributed by atoms with Gasteiger partial charge in [0, 0.05) is 17.9 Å². The van der Waals surface area contributed by atoms with Crippen molar-refractivity contribution >= 4 is 0 Å². The van der Waals surface area contributed by atoms with E-state index in [0.29, 0.717) is 6.54 Å². The van der Waals surface area contributed by atoms with Crippen molar-refractivity contribution in [3.63, 3.8) is 0 Å². The molecule has 1 rings (SSSR count). The number of rotatable bonds is 2. The van der Waals surface area contributed by atoms with E-state index >= 15 is 0 Å². The van der Waals surface area contributed by atoms with Crippen LogP contribution in [0, 0.1) is 0 Å². The fourth-order valence-corrected chi connectivity index (χ4v) is 0.931. The van der Waals surface area contributed by atoms with E-state index in [9.17, 15) is 0 Å². The van der Waals surface area contributed by atoms with Crippen LogP contribution in [0.3, 0.4) is 0 Å². The van der Waals surface area contributed by atoms with E-state index in [0.717, 1.165) is 17.9 Å². The summed E-state index contributed by atoms with van der Waals surface area (Å²) in [5.74, 6) is 0.922. The van der Waals surface area contributed by atoms with E-state index in [1.54, 1.807) is 0 Å². The Hall–Kier alpha value is -0.830. The number of nitrogens with two attached hydrogens (primary N) is 1. The summed E-state index contributed by atoms with van der Waals surface area (Å²) < 4.78 is 5.18. The van der Waals surface area contributed by atoms with Crippen LogP contribution < -0.4 is 5.73 Å².